The Bertz CT molecular complexity index is 1670. The molecule has 0 spiro atoms. The van der Waals surface area contributed by atoms with E-state index in [0.717, 1.165) is 27.1 Å². The minimum atomic E-state index is -1.11. The Kier molecular flexibility index (Phi) is 5.68. The van der Waals surface area contributed by atoms with Crippen molar-refractivity contribution in [2.75, 3.05) is 13.6 Å². The summed E-state index contributed by atoms with van der Waals surface area (Å²) in [6.45, 7) is 3.76. The van der Waals surface area contributed by atoms with Gasteiger partial charge in [-0.25, -0.2) is 4.98 Å². The third-order valence-electron chi connectivity index (χ3n) is 6.49. The van der Waals surface area contributed by atoms with Crippen LogP contribution >= 0.6 is 0 Å². The molecule has 0 aliphatic heterocycles. The molecule has 0 radical (unpaired) electrons. The minimum absolute atomic E-state index is 0.0906. The van der Waals surface area contributed by atoms with Crippen LogP contribution in [0.5, 0.6) is 5.75 Å². The van der Waals surface area contributed by atoms with Crippen LogP contribution in [0.4, 0.5) is 0 Å². The Labute approximate surface area is 207 Å². The fraction of sp³-hybridized carbons (Fsp3) is 0.138. The molecule has 1 amide bonds. The zero-order valence-corrected chi connectivity index (χ0v) is 20.2. The van der Waals surface area contributed by atoms with Crippen LogP contribution in [0.15, 0.2) is 66.7 Å². The van der Waals surface area contributed by atoms with Crippen LogP contribution in [0.3, 0.4) is 0 Å². The van der Waals surface area contributed by atoms with Gasteiger partial charge in [-0.1, -0.05) is 42.5 Å². The maximum Gasteiger partial charge on any atom is 0.323 e. The molecule has 0 aliphatic carbocycles. The Balaban J connectivity index is 1.56. The maximum atomic E-state index is 12.6. The highest BCUT2D eigenvalue weighted by atomic mass is 16.4. The first-order chi connectivity index (χ1) is 17.2. The number of amides is 1. The van der Waals surface area contributed by atoms with Gasteiger partial charge in [-0.2, -0.15) is 0 Å². The zero-order valence-electron chi connectivity index (χ0n) is 20.2. The van der Waals surface area contributed by atoms with Crippen molar-refractivity contribution in [3.05, 3.63) is 83.4 Å². The standard InChI is InChI=1S/C29H25N3O4/c1-16-7-8-19(11-17(16)2)18-5-4-6-21(12-18)28-30-23-10-9-20-13-22(29(36)32(3)15-25(34)35)14-24(33)26(20)27(23)31-28/h4-14,33H,15H2,1-3H3,(H,30,31)(H,34,35). The first-order valence-corrected chi connectivity index (χ1v) is 11.5. The van der Waals surface area contributed by atoms with Gasteiger partial charge in [0.1, 0.15) is 23.6 Å². The number of phenolic OH excluding ortho intramolecular Hbond substituents is 1. The van der Waals surface area contributed by atoms with Crippen molar-refractivity contribution in [1.29, 1.82) is 0 Å². The van der Waals surface area contributed by atoms with Crippen molar-refractivity contribution in [2.45, 2.75) is 13.8 Å². The highest BCUT2D eigenvalue weighted by molar-refractivity contribution is 6.11. The van der Waals surface area contributed by atoms with Crippen molar-refractivity contribution in [1.82, 2.24) is 14.9 Å². The van der Waals surface area contributed by atoms with Gasteiger partial charge >= 0.3 is 5.97 Å². The number of carbonyl (C=O) groups is 2. The smallest absolute Gasteiger partial charge is 0.323 e. The summed E-state index contributed by atoms with van der Waals surface area (Å²) in [6.07, 6.45) is 0. The molecule has 36 heavy (non-hydrogen) atoms. The molecule has 5 aromatic rings. The van der Waals surface area contributed by atoms with Crippen molar-refractivity contribution >= 4 is 33.7 Å². The molecule has 7 heteroatoms. The number of carbonyl (C=O) groups excluding carboxylic acids is 1. The Morgan fingerprint density at radius 2 is 1.67 bits per heavy atom. The van der Waals surface area contributed by atoms with E-state index in [1.807, 2.05) is 18.2 Å². The summed E-state index contributed by atoms with van der Waals surface area (Å²) in [4.78, 5) is 32.9. The molecular weight excluding hydrogens is 454 g/mol. The van der Waals surface area contributed by atoms with E-state index in [9.17, 15) is 14.7 Å². The lowest BCUT2D eigenvalue weighted by atomic mass is 9.99. The number of fused-ring (bicyclic) bond motifs is 3. The molecule has 1 heterocycles. The SMILES string of the molecule is Cc1ccc(-c2cccc(-c3nc4c(ccc5cc(C(=O)N(C)CC(=O)O)cc(O)c54)[nH]3)c2)cc1C. The Morgan fingerprint density at radius 1 is 0.917 bits per heavy atom. The van der Waals surface area contributed by atoms with Crippen molar-refractivity contribution in [2.24, 2.45) is 0 Å². The molecule has 3 N–H and O–H groups in total. The molecule has 5 rings (SSSR count). The molecule has 7 nitrogen and oxygen atoms in total. The second kappa shape index (κ2) is 8.85. The number of nitrogens with one attached hydrogen (secondary N) is 1. The number of aromatic amines is 1. The van der Waals surface area contributed by atoms with Gasteiger partial charge < -0.3 is 20.1 Å². The molecule has 0 unspecified atom stereocenters. The van der Waals surface area contributed by atoms with Gasteiger partial charge in [-0.15, -0.1) is 0 Å². The molecule has 0 bridgehead atoms. The lowest BCUT2D eigenvalue weighted by Crippen LogP contribution is -2.31. The van der Waals surface area contributed by atoms with E-state index in [4.69, 9.17) is 10.1 Å². The highest BCUT2D eigenvalue weighted by Gasteiger charge is 2.19. The number of aromatic nitrogens is 2. The number of nitrogens with zero attached hydrogens (tertiary/aromatic N) is 2. The molecule has 0 saturated heterocycles. The van der Waals surface area contributed by atoms with E-state index < -0.39 is 18.4 Å². The summed E-state index contributed by atoms with van der Waals surface area (Å²) in [5.41, 5.74) is 7.16. The van der Waals surface area contributed by atoms with Crippen LogP contribution in [0.2, 0.25) is 0 Å². The van der Waals surface area contributed by atoms with Gasteiger partial charge in [0.15, 0.2) is 0 Å². The van der Waals surface area contributed by atoms with E-state index in [1.165, 1.54) is 24.2 Å². The largest absolute Gasteiger partial charge is 0.507 e. The monoisotopic (exact) mass is 479 g/mol. The van der Waals surface area contributed by atoms with Crippen LogP contribution in [0, 0.1) is 13.8 Å². The number of rotatable bonds is 5. The molecule has 180 valence electrons. The van der Waals surface area contributed by atoms with Crippen molar-refractivity contribution in [3.63, 3.8) is 0 Å². The lowest BCUT2D eigenvalue weighted by molar-refractivity contribution is -0.137. The van der Waals surface area contributed by atoms with Gasteiger partial charge in [0, 0.05) is 18.2 Å². The second-order valence-electron chi connectivity index (χ2n) is 9.08. The van der Waals surface area contributed by atoms with E-state index in [2.05, 4.69) is 49.2 Å². The summed E-state index contributed by atoms with van der Waals surface area (Å²) < 4.78 is 0. The third kappa shape index (κ3) is 4.15. The zero-order chi connectivity index (χ0) is 25.6. The second-order valence-corrected chi connectivity index (χ2v) is 9.08. The number of benzene rings is 4. The molecule has 0 aliphatic rings. The van der Waals surface area contributed by atoms with Crippen LogP contribution in [-0.4, -0.2) is 50.5 Å². The van der Waals surface area contributed by atoms with Gasteiger partial charge in [0.2, 0.25) is 0 Å². The average Bonchev–Trinajstić information content (AvgIpc) is 3.29. The number of H-pyrrole nitrogens is 1. The fourth-order valence-corrected chi connectivity index (χ4v) is 4.43. The van der Waals surface area contributed by atoms with Crippen molar-refractivity contribution < 1.29 is 19.8 Å². The minimum Gasteiger partial charge on any atom is -0.507 e. The number of carboxylic acids is 1. The Morgan fingerprint density at radius 3 is 2.42 bits per heavy atom. The quantitative estimate of drug-likeness (QED) is 0.307. The van der Waals surface area contributed by atoms with Crippen LogP contribution < -0.4 is 0 Å². The summed E-state index contributed by atoms with van der Waals surface area (Å²) in [7, 11) is 1.41. The number of imidazole rings is 1. The lowest BCUT2D eigenvalue weighted by Gasteiger charge is -2.15. The molecule has 0 atom stereocenters. The van der Waals surface area contributed by atoms with Crippen molar-refractivity contribution in [3.8, 4) is 28.3 Å². The number of aryl methyl sites for hydroxylation is 2. The van der Waals surface area contributed by atoms with E-state index in [-0.39, 0.29) is 11.3 Å². The van der Waals surface area contributed by atoms with Crippen LogP contribution in [0.25, 0.3) is 44.3 Å². The number of hydrogen-bond donors (Lipinski definition) is 3. The van der Waals surface area contributed by atoms with E-state index in [1.54, 1.807) is 12.1 Å². The normalized spacial score (nSPS) is 11.2. The van der Waals surface area contributed by atoms with E-state index >= 15 is 0 Å². The molecule has 4 aromatic carbocycles. The predicted octanol–water partition coefficient (Wildman–Crippen LogP) is 5.53. The summed E-state index contributed by atoms with van der Waals surface area (Å²) >= 11 is 0. The third-order valence-corrected chi connectivity index (χ3v) is 6.49. The van der Waals surface area contributed by atoms with Gasteiger partial charge in [-0.3, -0.25) is 9.59 Å². The van der Waals surface area contributed by atoms with E-state index in [0.29, 0.717) is 22.1 Å². The fourth-order valence-electron chi connectivity index (χ4n) is 4.43. The van der Waals surface area contributed by atoms with Gasteiger partial charge in [0.05, 0.1) is 10.9 Å². The molecule has 0 saturated carbocycles. The van der Waals surface area contributed by atoms with Crippen LogP contribution in [-0.2, 0) is 4.79 Å². The first-order valence-electron chi connectivity index (χ1n) is 11.5. The average molecular weight is 480 g/mol. The molecule has 1 aromatic heterocycles. The van der Waals surface area contributed by atoms with Crippen LogP contribution in [0.1, 0.15) is 21.5 Å². The number of hydrogen-bond acceptors (Lipinski definition) is 4. The highest BCUT2D eigenvalue weighted by Crippen LogP contribution is 2.35. The first kappa shape index (κ1) is 23.1. The Hall–Kier alpha value is -4.65. The predicted molar refractivity (Wildman–Crippen MR) is 140 cm³/mol. The maximum absolute atomic E-state index is 12.6. The number of carboxylic acid groups (broad SMARTS) is 1. The number of aliphatic carboxylic acids is 1. The molecule has 0 fully saturated rings. The number of aromatic hydroxyl groups is 1. The summed E-state index contributed by atoms with van der Waals surface area (Å²) in [5, 5.41) is 21.0. The number of phenols is 1. The number of likely N-dealkylation sites (N-methyl/N-ethyl adjacent to an activating group) is 1. The topological polar surface area (TPSA) is 107 Å². The van der Waals surface area contributed by atoms with Gasteiger partial charge in [0.25, 0.3) is 5.91 Å². The molecular formula is C29H25N3O4. The van der Waals surface area contributed by atoms with Gasteiger partial charge in [-0.05, 0) is 65.8 Å². The summed E-state index contributed by atoms with van der Waals surface area (Å²) in [6, 6.07) is 21.2. The summed E-state index contributed by atoms with van der Waals surface area (Å²) in [5.74, 6) is -1.01.